The first-order valence-electron chi connectivity index (χ1n) is 7.75. The van der Waals surface area contributed by atoms with Gasteiger partial charge in [-0.25, -0.2) is 23.1 Å². The molecule has 0 saturated heterocycles. The number of rotatable bonds is 4. The quantitative estimate of drug-likeness (QED) is 0.876. The van der Waals surface area contributed by atoms with E-state index in [-0.39, 0.29) is 10.9 Å². The molecule has 1 atom stereocenters. The third-order valence-corrected chi connectivity index (χ3v) is 5.86. The summed E-state index contributed by atoms with van der Waals surface area (Å²) in [6.07, 6.45) is 3.77. The third kappa shape index (κ3) is 3.13. The molecule has 0 spiro atoms. The van der Waals surface area contributed by atoms with Gasteiger partial charge in [-0.2, -0.15) is 0 Å². The number of aromatic nitrogens is 3. The van der Waals surface area contributed by atoms with Crippen molar-refractivity contribution < 1.29 is 12.9 Å². The van der Waals surface area contributed by atoms with Crippen molar-refractivity contribution in [3.63, 3.8) is 0 Å². The summed E-state index contributed by atoms with van der Waals surface area (Å²) in [5.74, 6) is 0.971. The van der Waals surface area contributed by atoms with Crippen LogP contribution in [0.5, 0.6) is 0 Å². The predicted octanol–water partition coefficient (Wildman–Crippen LogP) is 0.983. The minimum absolute atomic E-state index is 0.132. The Balaban J connectivity index is 1.79. The summed E-state index contributed by atoms with van der Waals surface area (Å²) >= 11 is 0. The molecule has 0 aromatic carbocycles. The minimum atomic E-state index is -3.66. The third-order valence-electron chi connectivity index (χ3n) is 4.10. The molecule has 0 amide bonds. The zero-order valence-electron chi connectivity index (χ0n) is 14.2. The summed E-state index contributed by atoms with van der Waals surface area (Å²) in [6, 6.07) is -0.190. The fourth-order valence-electron chi connectivity index (χ4n) is 2.95. The number of anilines is 1. The van der Waals surface area contributed by atoms with Crippen LogP contribution in [0.3, 0.4) is 0 Å². The first kappa shape index (κ1) is 16.8. The van der Waals surface area contributed by atoms with Gasteiger partial charge in [0.1, 0.15) is 10.6 Å². The molecule has 0 saturated carbocycles. The zero-order valence-corrected chi connectivity index (χ0v) is 15.0. The fourth-order valence-corrected chi connectivity index (χ4v) is 4.55. The molecule has 130 valence electrons. The van der Waals surface area contributed by atoms with Crippen LogP contribution in [0, 0.1) is 13.8 Å². The first-order chi connectivity index (χ1) is 11.3. The highest BCUT2D eigenvalue weighted by Gasteiger charge is 2.29. The van der Waals surface area contributed by atoms with Crippen molar-refractivity contribution in [1.82, 2.24) is 19.8 Å². The Kier molecular flexibility index (Phi) is 4.31. The molecule has 2 aromatic rings. The summed E-state index contributed by atoms with van der Waals surface area (Å²) in [5, 5.41) is 3.72. The monoisotopic (exact) mass is 351 g/mol. The summed E-state index contributed by atoms with van der Waals surface area (Å²) in [4.78, 5) is 10.8. The van der Waals surface area contributed by atoms with Crippen LogP contribution in [0.1, 0.15) is 29.1 Å². The highest BCUT2D eigenvalue weighted by molar-refractivity contribution is 7.89. The number of aryl methyl sites for hydroxylation is 3. The molecule has 8 nitrogen and oxygen atoms in total. The topological polar surface area (TPSA) is 101 Å². The van der Waals surface area contributed by atoms with Crippen LogP contribution in [0.2, 0.25) is 0 Å². The molecule has 24 heavy (non-hydrogen) atoms. The van der Waals surface area contributed by atoms with Gasteiger partial charge >= 0.3 is 0 Å². The molecule has 2 heterocycles. The lowest BCUT2D eigenvalue weighted by molar-refractivity contribution is 0.390. The van der Waals surface area contributed by atoms with E-state index in [2.05, 4.69) is 19.8 Å². The van der Waals surface area contributed by atoms with E-state index in [1.54, 1.807) is 20.0 Å². The van der Waals surface area contributed by atoms with Crippen LogP contribution in [-0.4, -0.2) is 43.7 Å². The average molecular weight is 351 g/mol. The molecule has 0 unspecified atom stereocenters. The summed E-state index contributed by atoms with van der Waals surface area (Å²) in [5.41, 5.74) is 2.34. The number of nitrogens with one attached hydrogen (secondary N) is 1. The molecule has 9 heteroatoms. The van der Waals surface area contributed by atoms with Crippen LogP contribution in [0.25, 0.3) is 0 Å². The SMILES string of the molecule is Cc1noc(C)c1S(=O)(=O)N[C@H]1CCc2nc(N(C)C)ncc2C1. The van der Waals surface area contributed by atoms with Gasteiger partial charge in [-0.1, -0.05) is 5.16 Å². The van der Waals surface area contributed by atoms with E-state index in [9.17, 15) is 8.42 Å². The highest BCUT2D eigenvalue weighted by atomic mass is 32.2. The molecular formula is C15H21N5O3S. The van der Waals surface area contributed by atoms with Crippen LogP contribution < -0.4 is 9.62 Å². The van der Waals surface area contributed by atoms with Gasteiger partial charge < -0.3 is 9.42 Å². The molecule has 1 aliphatic carbocycles. The second-order valence-electron chi connectivity index (χ2n) is 6.25. The van der Waals surface area contributed by atoms with Crippen molar-refractivity contribution in [2.75, 3.05) is 19.0 Å². The molecule has 0 bridgehead atoms. The Hall–Kier alpha value is -2.00. The van der Waals surface area contributed by atoms with Gasteiger partial charge in [0.2, 0.25) is 16.0 Å². The average Bonchev–Trinajstić information content (AvgIpc) is 2.85. The van der Waals surface area contributed by atoms with Gasteiger partial charge in [0, 0.05) is 32.0 Å². The fraction of sp³-hybridized carbons (Fsp3) is 0.533. The second kappa shape index (κ2) is 6.14. The number of sulfonamides is 1. The van der Waals surface area contributed by atoms with E-state index >= 15 is 0 Å². The van der Waals surface area contributed by atoms with Gasteiger partial charge in [-0.05, 0) is 38.7 Å². The normalized spacial score (nSPS) is 17.6. The molecule has 1 aliphatic rings. The number of fused-ring (bicyclic) bond motifs is 1. The molecule has 0 fully saturated rings. The van der Waals surface area contributed by atoms with Crippen molar-refractivity contribution in [2.45, 2.75) is 44.0 Å². The van der Waals surface area contributed by atoms with Gasteiger partial charge in [0.05, 0.1) is 0 Å². The zero-order chi connectivity index (χ0) is 17.5. The Bertz CT molecular complexity index is 840. The van der Waals surface area contributed by atoms with Gasteiger partial charge in [0.25, 0.3) is 0 Å². The van der Waals surface area contributed by atoms with Crippen molar-refractivity contribution in [3.8, 4) is 0 Å². The summed E-state index contributed by atoms with van der Waals surface area (Å²) < 4.78 is 33.0. The van der Waals surface area contributed by atoms with E-state index in [1.165, 1.54) is 0 Å². The van der Waals surface area contributed by atoms with Crippen molar-refractivity contribution in [3.05, 3.63) is 28.9 Å². The van der Waals surface area contributed by atoms with Crippen molar-refractivity contribution in [2.24, 2.45) is 0 Å². The molecule has 3 rings (SSSR count). The largest absolute Gasteiger partial charge is 0.360 e. The predicted molar refractivity (Wildman–Crippen MR) is 88.5 cm³/mol. The maximum Gasteiger partial charge on any atom is 0.246 e. The summed E-state index contributed by atoms with van der Waals surface area (Å²) in [6.45, 7) is 3.22. The smallest absolute Gasteiger partial charge is 0.246 e. The van der Waals surface area contributed by atoms with Gasteiger partial charge in [-0.15, -0.1) is 0 Å². The Morgan fingerprint density at radius 3 is 2.71 bits per heavy atom. The van der Waals surface area contributed by atoms with E-state index < -0.39 is 10.0 Å². The minimum Gasteiger partial charge on any atom is -0.360 e. The number of hydrogen-bond acceptors (Lipinski definition) is 7. The molecule has 1 N–H and O–H groups in total. The van der Waals surface area contributed by atoms with Gasteiger partial charge in [0.15, 0.2) is 5.76 Å². The van der Waals surface area contributed by atoms with Crippen LogP contribution in [0.15, 0.2) is 15.6 Å². The van der Waals surface area contributed by atoms with E-state index in [4.69, 9.17) is 4.52 Å². The number of hydrogen-bond donors (Lipinski definition) is 1. The second-order valence-corrected chi connectivity index (χ2v) is 7.90. The van der Waals surface area contributed by atoms with Crippen molar-refractivity contribution in [1.29, 1.82) is 0 Å². The highest BCUT2D eigenvalue weighted by Crippen LogP contribution is 2.24. The standard InChI is InChI=1S/C15H21N5O3S/c1-9-14(10(2)23-18-9)24(21,22)19-12-5-6-13-11(7-12)8-16-15(17-13)20(3)4/h8,12,19H,5-7H2,1-4H3/t12-/m0/s1. The lowest BCUT2D eigenvalue weighted by atomic mass is 9.94. The first-order valence-corrected chi connectivity index (χ1v) is 9.23. The Morgan fingerprint density at radius 2 is 2.08 bits per heavy atom. The lowest BCUT2D eigenvalue weighted by Crippen LogP contribution is -2.39. The van der Waals surface area contributed by atoms with Crippen LogP contribution in [0.4, 0.5) is 5.95 Å². The van der Waals surface area contributed by atoms with E-state index in [0.717, 1.165) is 11.3 Å². The van der Waals surface area contributed by atoms with E-state index in [0.29, 0.717) is 36.7 Å². The Morgan fingerprint density at radius 1 is 1.33 bits per heavy atom. The van der Waals surface area contributed by atoms with Crippen molar-refractivity contribution >= 4 is 16.0 Å². The maximum atomic E-state index is 12.6. The van der Waals surface area contributed by atoms with Crippen LogP contribution in [-0.2, 0) is 22.9 Å². The molecule has 2 aromatic heterocycles. The molecule has 0 aliphatic heterocycles. The van der Waals surface area contributed by atoms with Gasteiger partial charge in [-0.3, -0.25) is 0 Å². The summed E-state index contributed by atoms with van der Waals surface area (Å²) in [7, 11) is 0.131. The molecule has 0 radical (unpaired) electrons. The van der Waals surface area contributed by atoms with Crippen LogP contribution >= 0.6 is 0 Å². The molecular weight excluding hydrogens is 330 g/mol. The number of nitrogens with zero attached hydrogens (tertiary/aromatic N) is 4. The Labute approximate surface area is 141 Å². The maximum absolute atomic E-state index is 12.6. The van der Waals surface area contributed by atoms with E-state index in [1.807, 2.05) is 19.0 Å². The lowest BCUT2D eigenvalue weighted by Gasteiger charge is -2.25.